The molecular weight excluding hydrogens is 388 g/mol. The molecule has 1 unspecified atom stereocenters. The van der Waals surface area contributed by atoms with Gasteiger partial charge in [0, 0.05) is 42.2 Å². The summed E-state index contributed by atoms with van der Waals surface area (Å²) in [6.45, 7) is 9.01. The van der Waals surface area contributed by atoms with E-state index in [-0.39, 0.29) is 6.04 Å². The van der Waals surface area contributed by atoms with E-state index in [4.69, 9.17) is 21.7 Å². The van der Waals surface area contributed by atoms with Crippen LogP contribution in [0.25, 0.3) is 0 Å². The van der Waals surface area contributed by atoms with Gasteiger partial charge in [0.05, 0.1) is 19.3 Å². The quantitative estimate of drug-likeness (QED) is 0.399. The highest BCUT2D eigenvalue weighted by atomic mass is 35.5. The molecule has 1 aromatic rings. The number of halogens is 1. The standard InChI is InChI=1S/C21H31ClN6O/c1-16(27-15-24-2)12-21(25-3)28-10-5-11-29-14-20(28)18-7-6-17(13-19(18)22)26-9-4-8-23/h6-8,12-13,20,23-24,26H,3-5,9-11,14-15H2,1-2H3/b21-12+,23-8?,27-16?. The van der Waals surface area contributed by atoms with Crippen LogP contribution in [0.3, 0.4) is 0 Å². The minimum absolute atomic E-state index is 0.0607. The minimum Gasteiger partial charge on any atom is -0.385 e. The van der Waals surface area contributed by atoms with Crippen LogP contribution >= 0.6 is 11.6 Å². The number of hydrogen-bond donors (Lipinski definition) is 3. The van der Waals surface area contributed by atoms with E-state index in [1.807, 2.05) is 38.2 Å². The van der Waals surface area contributed by atoms with Gasteiger partial charge in [-0.05, 0) is 57.4 Å². The number of nitrogens with one attached hydrogen (secondary N) is 3. The molecule has 1 saturated heterocycles. The number of anilines is 1. The maximum Gasteiger partial charge on any atom is 0.130 e. The summed E-state index contributed by atoms with van der Waals surface area (Å²) in [7, 11) is 1.86. The SMILES string of the molecule is C=N/C(=C\C(C)=NCNC)N1CCCOCC1c1ccc(NCCC=N)cc1Cl. The Morgan fingerprint density at radius 1 is 1.48 bits per heavy atom. The Morgan fingerprint density at radius 3 is 3.00 bits per heavy atom. The van der Waals surface area contributed by atoms with Crippen LogP contribution in [0.5, 0.6) is 0 Å². The molecule has 8 heteroatoms. The summed E-state index contributed by atoms with van der Waals surface area (Å²) >= 11 is 6.65. The van der Waals surface area contributed by atoms with Gasteiger partial charge in [0.1, 0.15) is 5.82 Å². The van der Waals surface area contributed by atoms with Crippen LogP contribution in [0.1, 0.15) is 31.4 Å². The highest BCUT2D eigenvalue weighted by molar-refractivity contribution is 6.31. The van der Waals surface area contributed by atoms with Gasteiger partial charge in [0.2, 0.25) is 0 Å². The van der Waals surface area contributed by atoms with E-state index in [2.05, 4.69) is 32.2 Å². The molecule has 158 valence electrons. The first-order valence-electron chi connectivity index (χ1n) is 9.81. The van der Waals surface area contributed by atoms with E-state index < -0.39 is 0 Å². The van der Waals surface area contributed by atoms with Crippen LogP contribution < -0.4 is 10.6 Å². The molecule has 1 aliphatic heterocycles. The topological polar surface area (TPSA) is 85.1 Å². The third-order valence-electron chi connectivity index (χ3n) is 4.60. The third-order valence-corrected chi connectivity index (χ3v) is 4.93. The largest absolute Gasteiger partial charge is 0.385 e. The Morgan fingerprint density at radius 2 is 2.31 bits per heavy atom. The van der Waals surface area contributed by atoms with Crippen molar-refractivity contribution in [2.75, 3.05) is 45.3 Å². The monoisotopic (exact) mass is 418 g/mol. The number of allylic oxidation sites excluding steroid dienone is 1. The molecule has 1 atom stereocenters. The van der Waals surface area contributed by atoms with Gasteiger partial charge in [-0.15, -0.1) is 0 Å². The highest BCUT2D eigenvalue weighted by Gasteiger charge is 2.26. The third kappa shape index (κ3) is 6.96. The zero-order valence-electron chi connectivity index (χ0n) is 17.2. The molecule has 0 aromatic heterocycles. The van der Waals surface area contributed by atoms with Gasteiger partial charge in [-0.25, -0.2) is 4.99 Å². The van der Waals surface area contributed by atoms with Gasteiger partial charge in [-0.1, -0.05) is 17.7 Å². The molecule has 0 spiro atoms. The smallest absolute Gasteiger partial charge is 0.130 e. The molecule has 7 nitrogen and oxygen atoms in total. The number of aliphatic imine (C=N–C) groups is 2. The first-order chi connectivity index (χ1) is 14.1. The summed E-state index contributed by atoms with van der Waals surface area (Å²) in [6, 6.07) is 5.91. The van der Waals surface area contributed by atoms with Crippen molar-refractivity contribution in [1.82, 2.24) is 10.2 Å². The molecule has 0 radical (unpaired) electrons. The Hall–Kier alpha value is -2.22. The van der Waals surface area contributed by atoms with E-state index in [1.165, 1.54) is 6.21 Å². The number of benzene rings is 1. The van der Waals surface area contributed by atoms with Crippen molar-refractivity contribution in [3.05, 3.63) is 40.7 Å². The second-order valence-corrected chi connectivity index (χ2v) is 7.17. The lowest BCUT2D eigenvalue weighted by molar-refractivity contribution is 0.111. The fourth-order valence-electron chi connectivity index (χ4n) is 3.16. The normalized spacial score (nSPS) is 18.3. The second kappa shape index (κ2) is 12.4. The average molecular weight is 419 g/mol. The van der Waals surface area contributed by atoms with Crippen LogP contribution in [0.4, 0.5) is 5.69 Å². The molecule has 3 N–H and O–H groups in total. The lowest BCUT2D eigenvalue weighted by Gasteiger charge is -2.32. The van der Waals surface area contributed by atoms with Crippen LogP contribution in [0, 0.1) is 5.41 Å². The second-order valence-electron chi connectivity index (χ2n) is 6.77. The maximum absolute atomic E-state index is 7.12. The van der Waals surface area contributed by atoms with E-state index in [1.54, 1.807) is 0 Å². The molecule has 1 aromatic carbocycles. The molecule has 1 aliphatic rings. The lowest BCUT2D eigenvalue weighted by atomic mass is 10.0. The Balaban J connectivity index is 2.30. The summed E-state index contributed by atoms with van der Waals surface area (Å²) < 4.78 is 5.85. The molecule has 1 fully saturated rings. The summed E-state index contributed by atoms with van der Waals surface area (Å²) in [4.78, 5) is 10.9. The zero-order chi connectivity index (χ0) is 21.1. The molecule has 2 rings (SSSR count). The summed E-state index contributed by atoms with van der Waals surface area (Å²) in [6.07, 6.45) is 4.92. The molecule has 0 aliphatic carbocycles. The van der Waals surface area contributed by atoms with Crippen molar-refractivity contribution in [2.24, 2.45) is 9.98 Å². The van der Waals surface area contributed by atoms with E-state index in [0.717, 1.165) is 35.7 Å². The summed E-state index contributed by atoms with van der Waals surface area (Å²) in [5.74, 6) is 0.766. The Labute approximate surface area is 178 Å². The predicted molar refractivity (Wildman–Crippen MR) is 123 cm³/mol. The number of nitrogens with zero attached hydrogens (tertiary/aromatic N) is 3. The van der Waals surface area contributed by atoms with Gasteiger partial charge >= 0.3 is 0 Å². The van der Waals surface area contributed by atoms with Gasteiger partial charge in [-0.3, -0.25) is 4.99 Å². The number of rotatable bonds is 10. The van der Waals surface area contributed by atoms with Crippen LogP contribution in [-0.2, 0) is 4.74 Å². The van der Waals surface area contributed by atoms with Crippen molar-refractivity contribution in [2.45, 2.75) is 25.8 Å². The van der Waals surface area contributed by atoms with Gasteiger partial charge < -0.3 is 25.7 Å². The Kier molecular flexibility index (Phi) is 9.83. The maximum atomic E-state index is 7.12. The van der Waals surface area contributed by atoms with E-state index in [9.17, 15) is 0 Å². The van der Waals surface area contributed by atoms with Crippen molar-refractivity contribution < 1.29 is 4.74 Å². The molecule has 0 saturated carbocycles. The number of ether oxygens (including phenoxy) is 1. The van der Waals surface area contributed by atoms with Crippen molar-refractivity contribution in [3.63, 3.8) is 0 Å². The molecule has 0 amide bonds. The highest BCUT2D eigenvalue weighted by Crippen LogP contribution is 2.34. The Bertz CT molecular complexity index is 749. The predicted octanol–water partition coefficient (Wildman–Crippen LogP) is 3.73. The fourth-order valence-corrected chi connectivity index (χ4v) is 3.47. The van der Waals surface area contributed by atoms with Crippen LogP contribution in [0.15, 0.2) is 40.1 Å². The molecule has 29 heavy (non-hydrogen) atoms. The van der Waals surface area contributed by atoms with E-state index >= 15 is 0 Å². The van der Waals surface area contributed by atoms with Crippen molar-refractivity contribution in [1.29, 1.82) is 5.41 Å². The fraction of sp³-hybridized carbons (Fsp3) is 0.476. The lowest BCUT2D eigenvalue weighted by Crippen LogP contribution is -2.30. The van der Waals surface area contributed by atoms with Gasteiger partial charge in [-0.2, -0.15) is 0 Å². The molecule has 1 heterocycles. The summed E-state index contributed by atoms with van der Waals surface area (Å²) in [5.41, 5.74) is 2.81. The van der Waals surface area contributed by atoms with Crippen molar-refractivity contribution in [3.8, 4) is 0 Å². The number of hydrogen-bond acceptors (Lipinski definition) is 7. The van der Waals surface area contributed by atoms with Crippen LogP contribution in [0.2, 0.25) is 5.02 Å². The van der Waals surface area contributed by atoms with E-state index in [0.29, 0.717) is 37.9 Å². The first kappa shape index (κ1) is 23.1. The molecule has 0 bridgehead atoms. The van der Waals surface area contributed by atoms with Crippen molar-refractivity contribution >= 4 is 35.9 Å². The van der Waals surface area contributed by atoms with Crippen LogP contribution in [-0.4, -0.2) is 63.6 Å². The first-order valence-corrected chi connectivity index (χ1v) is 10.2. The average Bonchev–Trinajstić information content (AvgIpc) is 2.97. The zero-order valence-corrected chi connectivity index (χ0v) is 18.0. The minimum atomic E-state index is -0.0607. The molecular formula is C21H31ClN6O. The van der Waals surface area contributed by atoms with Gasteiger partial charge in [0.25, 0.3) is 0 Å². The summed E-state index contributed by atoms with van der Waals surface area (Å²) in [5, 5.41) is 14.1. The van der Waals surface area contributed by atoms with Gasteiger partial charge in [0.15, 0.2) is 0 Å².